The zero-order valence-corrected chi connectivity index (χ0v) is 17.5. The van der Waals surface area contributed by atoms with Gasteiger partial charge >= 0.3 is 11.9 Å². The minimum atomic E-state index is -2.83. The molecule has 12 heteroatoms. The number of hydrogen-bond acceptors (Lipinski definition) is 6. The first kappa shape index (κ1) is 22.7. The molecule has 0 radical (unpaired) electrons. The number of carbonyl (C=O) groups excluding carboxylic acids is 2. The maximum atomic E-state index is 11.7. The molecular formula is C10H16Cl3N2O3PS3. The van der Waals surface area contributed by atoms with Gasteiger partial charge in [0.1, 0.15) is 4.99 Å². The molecule has 1 unspecified atom stereocenters. The summed E-state index contributed by atoms with van der Waals surface area (Å²) < 4.78 is 2.50. The molecule has 0 saturated heterocycles. The van der Waals surface area contributed by atoms with Crippen molar-refractivity contribution in [3.05, 3.63) is 0 Å². The van der Waals surface area contributed by atoms with E-state index < -0.39 is 21.2 Å². The third-order valence-corrected chi connectivity index (χ3v) is 9.14. The van der Waals surface area contributed by atoms with E-state index in [-0.39, 0.29) is 4.99 Å². The van der Waals surface area contributed by atoms with Crippen LogP contribution in [0.25, 0.3) is 0 Å². The van der Waals surface area contributed by atoms with Crippen LogP contribution in [-0.2, 0) is 26.1 Å². The van der Waals surface area contributed by atoms with Crippen molar-refractivity contribution in [3.8, 4) is 0 Å². The van der Waals surface area contributed by atoms with Gasteiger partial charge in [0.25, 0.3) is 0 Å². The van der Waals surface area contributed by atoms with E-state index in [1.165, 1.54) is 11.4 Å². The van der Waals surface area contributed by atoms with Crippen LogP contribution in [0.2, 0.25) is 0 Å². The number of nitrogens with one attached hydrogen (secondary N) is 2. The number of hydrogen-bond donors (Lipinski definition) is 2. The molecule has 0 aliphatic carbocycles. The average Bonchev–Trinajstić information content (AvgIpc) is 2.41. The summed E-state index contributed by atoms with van der Waals surface area (Å²) in [6.07, 6.45) is 2.95. The normalized spacial score (nSPS) is 13.9. The Kier molecular flexibility index (Phi) is 10.9. The van der Waals surface area contributed by atoms with Crippen LogP contribution >= 0.6 is 63.9 Å². The zero-order chi connectivity index (χ0) is 17.4. The first-order chi connectivity index (χ1) is 10.1. The Morgan fingerprint density at radius 3 is 2.32 bits per heavy atom. The van der Waals surface area contributed by atoms with Crippen LogP contribution in [0.1, 0.15) is 26.2 Å². The van der Waals surface area contributed by atoms with Gasteiger partial charge in [0, 0.05) is 5.75 Å². The Bertz CT molecular complexity index is 474. The number of halogens is 3. The van der Waals surface area contributed by atoms with Crippen molar-refractivity contribution in [2.75, 3.05) is 12.9 Å². The maximum Gasteiger partial charge on any atom is 0.396 e. The lowest BCUT2D eigenvalue weighted by Crippen LogP contribution is -2.38. The molecule has 128 valence electrons. The number of esters is 1. The van der Waals surface area contributed by atoms with Gasteiger partial charge in [-0.3, -0.25) is 9.88 Å². The van der Waals surface area contributed by atoms with Crippen molar-refractivity contribution in [2.45, 2.75) is 30.0 Å². The number of methoxy groups -OCH3 is 1. The van der Waals surface area contributed by atoms with E-state index in [9.17, 15) is 9.59 Å². The SMILES string of the molecule is CCCCCSP(=S)(NC(=O)C(=O)OC)NC(=S)C(Cl)(Cl)Cl. The molecule has 2 N–H and O–H groups in total. The molecule has 0 aromatic carbocycles. The summed E-state index contributed by atoms with van der Waals surface area (Å²) in [5.74, 6) is -1.35. The predicted molar refractivity (Wildman–Crippen MR) is 102 cm³/mol. The van der Waals surface area contributed by atoms with Crippen molar-refractivity contribution in [1.82, 2.24) is 10.2 Å². The fourth-order valence-corrected chi connectivity index (χ4v) is 7.03. The second-order valence-corrected chi connectivity index (χ2v) is 13.6. The van der Waals surface area contributed by atoms with E-state index in [1.54, 1.807) is 0 Å². The minimum absolute atomic E-state index is 0.131. The molecular weight excluding hydrogens is 430 g/mol. The number of amides is 1. The van der Waals surface area contributed by atoms with Gasteiger partial charge in [-0.05, 0) is 18.2 Å². The third kappa shape index (κ3) is 9.11. The summed E-state index contributed by atoms with van der Waals surface area (Å²) >= 11 is 28.7. The largest absolute Gasteiger partial charge is 0.462 e. The second kappa shape index (κ2) is 10.5. The molecule has 0 aromatic rings. The highest BCUT2D eigenvalue weighted by Crippen LogP contribution is 2.52. The summed E-state index contributed by atoms with van der Waals surface area (Å²) in [5.41, 5.74) is -2.83. The molecule has 0 fully saturated rings. The number of unbranched alkanes of at least 4 members (excludes halogenated alkanes) is 2. The quantitative estimate of drug-likeness (QED) is 0.155. The third-order valence-electron chi connectivity index (χ3n) is 2.15. The molecule has 0 aliphatic heterocycles. The smallest absolute Gasteiger partial charge is 0.396 e. The standard InChI is InChI=1S/C10H16Cl3N2O3PS3/c1-3-4-5-6-22-19(21,14-7(16)8(17)18-2)15-9(20)10(11,12)13/h3-6H2,1-2H3,(H2,14,15,16,20,21). The van der Waals surface area contributed by atoms with Crippen LogP contribution in [0.5, 0.6) is 0 Å². The number of ether oxygens (including phenoxy) is 1. The highest BCUT2D eigenvalue weighted by Gasteiger charge is 2.33. The van der Waals surface area contributed by atoms with Crippen LogP contribution in [0.3, 0.4) is 0 Å². The molecule has 5 nitrogen and oxygen atoms in total. The number of rotatable bonds is 7. The van der Waals surface area contributed by atoms with Crippen molar-refractivity contribution < 1.29 is 14.3 Å². The first-order valence-corrected chi connectivity index (χ1v) is 12.0. The minimum Gasteiger partial charge on any atom is -0.462 e. The van der Waals surface area contributed by atoms with Gasteiger partial charge in [-0.2, -0.15) is 0 Å². The monoisotopic (exact) mass is 444 g/mol. The molecule has 22 heavy (non-hydrogen) atoms. The predicted octanol–water partition coefficient (Wildman–Crippen LogP) is 3.71. The molecule has 0 saturated carbocycles. The van der Waals surface area contributed by atoms with E-state index in [0.717, 1.165) is 26.4 Å². The van der Waals surface area contributed by atoms with Crippen LogP contribution in [0, 0.1) is 0 Å². The molecule has 0 aliphatic rings. The lowest BCUT2D eigenvalue weighted by Gasteiger charge is -2.26. The molecule has 1 atom stereocenters. The Hall–Kier alpha value is 0.700. The maximum absolute atomic E-state index is 11.7. The van der Waals surface area contributed by atoms with Gasteiger partial charge in [-0.25, -0.2) is 4.79 Å². The van der Waals surface area contributed by atoms with Gasteiger partial charge in [-0.1, -0.05) is 78.2 Å². The van der Waals surface area contributed by atoms with Gasteiger partial charge in [0.05, 0.1) is 7.11 Å². The van der Waals surface area contributed by atoms with E-state index in [2.05, 4.69) is 21.8 Å². The number of alkyl halides is 3. The van der Waals surface area contributed by atoms with Gasteiger partial charge in [-0.15, -0.1) is 0 Å². The summed E-state index contributed by atoms with van der Waals surface area (Å²) in [5, 5.41) is 5.13. The highest BCUT2D eigenvalue weighted by molar-refractivity contribution is 8.70. The van der Waals surface area contributed by atoms with Crippen molar-refractivity contribution in [2.24, 2.45) is 0 Å². The zero-order valence-electron chi connectivity index (χ0n) is 11.9. The molecule has 0 spiro atoms. The van der Waals surface area contributed by atoms with Crippen LogP contribution in [-0.4, -0.2) is 33.5 Å². The lowest BCUT2D eigenvalue weighted by atomic mass is 10.3. The summed E-state index contributed by atoms with van der Waals surface area (Å²) in [7, 11) is 1.10. The highest BCUT2D eigenvalue weighted by atomic mass is 35.6. The fraction of sp³-hybridized carbons (Fsp3) is 0.700. The summed E-state index contributed by atoms with van der Waals surface area (Å²) in [4.78, 5) is 22.8. The molecule has 1 amide bonds. The van der Waals surface area contributed by atoms with Gasteiger partial charge in [0.15, 0.2) is 5.54 Å². The Balaban J connectivity index is 4.97. The second-order valence-electron chi connectivity index (χ2n) is 3.96. The Labute approximate surface area is 159 Å². The summed E-state index contributed by atoms with van der Waals surface area (Å²) in [6, 6.07) is 0. The van der Waals surface area contributed by atoms with Crippen molar-refractivity contribution in [3.63, 3.8) is 0 Å². The van der Waals surface area contributed by atoms with E-state index in [0.29, 0.717) is 5.75 Å². The van der Waals surface area contributed by atoms with Crippen LogP contribution in [0.4, 0.5) is 0 Å². The Morgan fingerprint density at radius 1 is 1.27 bits per heavy atom. The average molecular weight is 446 g/mol. The summed E-state index contributed by atoms with van der Waals surface area (Å²) in [6.45, 7) is 2.07. The topological polar surface area (TPSA) is 67.4 Å². The number of carbonyl (C=O) groups is 2. The first-order valence-electron chi connectivity index (χ1n) is 6.10. The molecule has 0 aromatic heterocycles. The fourth-order valence-electron chi connectivity index (χ4n) is 1.11. The van der Waals surface area contributed by atoms with E-state index in [4.69, 9.17) is 58.8 Å². The molecule has 0 heterocycles. The van der Waals surface area contributed by atoms with Crippen molar-refractivity contribution in [1.29, 1.82) is 0 Å². The molecule has 0 rings (SSSR count). The van der Waals surface area contributed by atoms with Crippen LogP contribution < -0.4 is 10.2 Å². The van der Waals surface area contributed by atoms with Gasteiger partial charge < -0.3 is 9.82 Å². The van der Waals surface area contributed by atoms with Crippen LogP contribution in [0.15, 0.2) is 0 Å². The van der Waals surface area contributed by atoms with E-state index >= 15 is 0 Å². The molecule has 0 bridgehead atoms. The number of thiocarbonyl (C=S) groups is 1. The van der Waals surface area contributed by atoms with E-state index in [1.807, 2.05) is 0 Å². The van der Waals surface area contributed by atoms with Gasteiger partial charge in [0.2, 0.25) is 3.79 Å². The lowest BCUT2D eigenvalue weighted by molar-refractivity contribution is -0.151. The van der Waals surface area contributed by atoms with Crippen molar-refractivity contribution >= 4 is 92.6 Å². The Morgan fingerprint density at radius 2 is 1.86 bits per heavy atom.